The predicted octanol–water partition coefficient (Wildman–Crippen LogP) is 6.47. The lowest BCUT2D eigenvalue weighted by Gasteiger charge is -2.32. The molecule has 37 heavy (non-hydrogen) atoms. The minimum absolute atomic E-state index is 0.0102. The lowest BCUT2D eigenvalue weighted by Crippen LogP contribution is -2.52. The van der Waals surface area contributed by atoms with Gasteiger partial charge in [-0.2, -0.15) is 0 Å². The molecule has 0 unspecified atom stereocenters. The summed E-state index contributed by atoms with van der Waals surface area (Å²) in [5, 5.41) is 3.13. The van der Waals surface area contributed by atoms with Gasteiger partial charge in [0.25, 0.3) is 0 Å². The first kappa shape index (κ1) is 28.2. The van der Waals surface area contributed by atoms with Gasteiger partial charge < -0.3 is 10.2 Å². The van der Waals surface area contributed by atoms with Crippen LogP contribution in [0.1, 0.15) is 69.7 Å². The first-order valence-corrected chi connectivity index (χ1v) is 13.4. The third kappa shape index (κ3) is 8.59. The molecule has 0 aromatic heterocycles. The molecule has 4 nitrogen and oxygen atoms in total. The maximum absolute atomic E-state index is 13.8. The van der Waals surface area contributed by atoms with Crippen LogP contribution in [0.25, 0.3) is 0 Å². The average molecular weight is 499 g/mol. The molecule has 2 atom stereocenters. The Labute approximate surface area is 223 Å². The molecule has 0 saturated heterocycles. The monoisotopic (exact) mass is 498 g/mol. The highest BCUT2D eigenvalue weighted by Gasteiger charge is 2.30. The first-order chi connectivity index (χ1) is 17.7. The average Bonchev–Trinajstić information content (AvgIpc) is 2.90. The van der Waals surface area contributed by atoms with Crippen molar-refractivity contribution in [1.29, 1.82) is 0 Å². The Morgan fingerprint density at radius 1 is 0.811 bits per heavy atom. The molecule has 4 heteroatoms. The van der Waals surface area contributed by atoms with E-state index in [0.29, 0.717) is 25.8 Å². The summed E-state index contributed by atoms with van der Waals surface area (Å²) in [6.07, 6.45) is 2.30. The summed E-state index contributed by atoms with van der Waals surface area (Å²) in [5.41, 5.74) is 4.55. The van der Waals surface area contributed by atoms with Crippen LogP contribution in [0.2, 0.25) is 0 Å². The zero-order valence-electron chi connectivity index (χ0n) is 23.0. The van der Waals surface area contributed by atoms with Gasteiger partial charge >= 0.3 is 0 Å². The topological polar surface area (TPSA) is 49.4 Å². The van der Waals surface area contributed by atoms with E-state index >= 15 is 0 Å². The third-order valence-corrected chi connectivity index (χ3v) is 6.92. The van der Waals surface area contributed by atoms with E-state index in [2.05, 4.69) is 57.3 Å². The molecule has 196 valence electrons. The molecular weight excluding hydrogens is 456 g/mol. The Morgan fingerprint density at radius 2 is 1.38 bits per heavy atom. The highest BCUT2D eigenvalue weighted by molar-refractivity contribution is 5.88. The molecule has 0 heterocycles. The van der Waals surface area contributed by atoms with Crippen LogP contribution in [0, 0.1) is 0 Å². The van der Waals surface area contributed by atoms with Gasteiger partial charge in [-0.1, -0.05) is 113 Å². The number of hydrogen-bond donors (Lipinski definition) is 1. The first-order valence-electron chi connectivity index (χ1n) is 13.4. The summed E-state index contributed by atoms with van der Waals surface area (Å²) in [4.78, 5) is 29.1. The zero-order valence-corrected chi connectivity index (χ0v) is 23.0. The van der Waals surface area contributed by atoms with Gasteiger partial charge in [0.05, 0.1) is 0 Å². The molecule has 3 rings (SSSR count). The van der Waals surface area contributed by atoms with Gasteiger partial charge in [-0.05, 0) is 47.4 Å². The minimum atomic E-state index is -0.590. The van der Waals surface area contributed by atoms with E-state index in [1.54, 1.807) is 4.90 Å². The second kappa shape index (κ2) is 13.2. The highest BCUT2D eigenvalue weighted by Crippen LogP contribution is 2.23. The van der Waals surface area contributed by atoms with Crippen LogP contribution < -0.4 is 5.32 Å². The number of rotatable bonds is 11. The predicted molar refractivity (Wildman–Crippen MR) is 152 cm³/mol. The zero-order chi connectivity index (χ0) is 26.8. The molecule has 0 aliphatic rings. The van der Waals surface area contributed by atoms with Crippen molar-refractivity contribution in [2.24, 2.45) is 0 Å². The molecule has 3 aromatic rings. The Balaban J connectivity index is 1.86. The number of hydrogen-bond acceptors (Lipinski definition) is 2. The molecule has 0 fully saturated rings. The number of nitrogens with zero attached hydrogens (tertiary/aromatic N) is 1. The van der Waals surface area contributed by atoms with Crippen molar-refractivity contribution in [1.82, 2.24) is 10.2 Å². The third-order valence-electron chi connectivity index (χ3n) is 6.92. The quantitative estimate of drug-likeness (QED) is 0.329. The summed E-state index contributed by atoms with van der Waals surface area (Å²) < 4.78 is 0. The van der Waals surface area contributed by atoms with Crippen molar-refractivity contribution in [3.8, 4) is 0 Å². The van der Waals surface area contributed by atoms with Crippen LogP contribution >= 0.6 is 0 Å². The molecule has 3 aromatic carbocycles. The fourth-order valence-corrected chi connectivity index (χ4v) is 4.34. The summed E-state index contributed by atoms with van der Waals surface area (Å²) >= 11 is 0. The van der Waals surface area contributed by atoms with E-state index in [1.165, 1.54) is 5.56 Å². The Hall–Kier alpha value is -3.40. The van der Waals surface area contributed by atoms with Gasteiger partial charge in [0.1, 0.15) is 6.04 Å². The summed E-state index contributed by atoms with van der Waals surface area (Å²) in [6, 6.07) is 27.9. The standard InChI is InChI=1S/C33H42N2O2/c1-6-25(2)34-32(37)30(23-27-13-9-7-10-14-27)35(24-28-15-11-8-12-16-28)31(36)22-19-26-17-20-29(21-18-26)33(3,4)5/h7-18,20-21,25,30H,6,19,22-24H2,1-5H3,(H,34,37)/t25-,30+/m0/s1. The number of nitrogens with one attached hydrogen (secondary N) is 1. The van der Waals surface area contributed by atoms with E-state index in [1.807, 2.05) is 67.6 Å². The smallest absolute Gasteiger partial charge is 0.243 e. The lowest BCUT2D eigenvalue weighted by molar-refractivity contribution is -0.141. The maximum atomic E-state index is 13.8. The molecular formula is C33H42N2O2. The van der Waals surface area contributed by atoms with Gasteiger partial charge in [-0.25, -0.2) is 0 Å². The summed E-state index contributed by atoms with van der Waals surface area (Å²) in [6.45, 7) is 11.0. The second-order valence-electron chi connectivity index (χ2n) is 11.0. The normalized spacial score (nSPS) is 13.0. The molecule has 0 saturated carbocycles. The number of aryl methyl sites for hydroxylation is 1. The maximum Gasteiger partial charge on any atom is 0.243 e. The Bertz CT molecular complexity index is 1120. The van der Waals surface area contributed by atoms with Crippen LogP contribution in [0.15, 0.2) is 84.9 Å². The van der Waals surface area contributed by atoms with Crippen LogP contribution in [0.5, 0.6) is 0 Å². The summed E-state index contributed by atoms with van der Waals surface area (Å²) in [7, 11) is 0. The lowest BCUT2D eigenvalue weighted by atomic mass is 9.86. The van der Waals surface area contributed by atoms with Crippen molar-refractivity contribution in [2.75, 3.05) is 0 Å². The van der Waals surface area contributed by atoms with Crippen LogP contribution in [0.3, 0.4) is 0 Å². The number of carbonyl (C=O) groups excluding carboxylic acids is 2. The number of carbonyl (C=O) groups is 2. The Kier molecular flexibility index (Phi) is 10.1. The van der Waals surface area contributed by atoms with Gasteiger partial charge in [0.15, 0.2) is 0 Å². The van der Waals surface area contributed by atoms with Gasteiger partial charge in [-0.3, -0.25) is 9.59 Å². The molecule has 0 spiro atoms. The van der Waals surface area contributed by atoms with Crippen LogP contribution in [0.4, 0.5) is 0 Å². The van der Waals surface area contributed by atoms with Crippen molar-refractivity contribution < 1.29 is 9.59 Å². The molecule has 0 radical (unpaired) electrons. The van der Waals surface area contributed by atoms with Gasteiger partial charge in [-0.15, -0.1) is 0 Å². The van der Waals surface area contributed by atoms with Crippen molar-refractivity contribution in [3.05, 3.63) is 107 Å². The number of benzene rings is 3. The van der Waals surface area contributed by atoms with Gasteiger partial charge in [0.2, 0.25) is 11.8 Å². The van der Waals surface area contributed by atoms with E-state index in [-0.39, 0.29) is 23.3 Å². The van der Waals surface area contributed by atoms with E-state index in [9.17, 15) is 9.59 Å². The van der Waals surface area contributed by atoms with E-state index in [0.717, 1.165) is 23.1 Å². The Morgan fingerprint density at radius 3 is 1.92 bits per heavy atom. The van der Waals surface area contributed by atoms with Crippen molar-refractivity contribution in [2.45, 2.75) is 84.3 Å². The molecule has 0 aliphatic carbocycles. The fraction of sp³-hybridized carbons (Fsp3) is 0.394. The summed E-state index contributed by atoms with van der Waals surface area (Å²) in [5.74, 6) is -0.110. The number of amides is 2. The van der Waals surface area contributed by atoms with Crippen LogP contribution in [-0.4, -0.2) is 28.8 Å². The van der Waals surface area contributed by atoms with Gasteiger partial charge in [0, 0.05) is 25.4 Å². The minimum Gasteiger partial charge on any atom is -0.352 e. The molecule has 1 N–H and O–H groups in total. The largest absolute Gasteiger partial charge is 0.352 e. The molecule has 2 amide bonds. The van der Waals surface area contributed by atoms with E-state index < -0.39 is 6.04 Å². The SMILES string of the molecule is CC[C@H](C)NC(=O)[C@@H](Cc1ccccc1)N(Cc1ccccc1)C(=O)CCc1ccc(C(C)(C)C)cc1. The van der Waals surface area contributed by atoms with Crippen molar-refractivity contribution >= 4 is 11.8 Å². The fourth-order valence-electron chi connectivity index (χ4n) is 4.34. The highest BCUT2D eigenvalue weighted by atomic mass is 16.2. The second-order valence-corrected chi connectivity index (χ2v) is 11.0. The van der Waals surface area contributed by atoms with E-state index in [4.69, 9.17) is 0 Å². The van der Waals surface area contributed by atoms with Crippen molar-refractivity contribution in [3.63, 3.8) is 0 Å². The van der Waals surface area contributed by atoms with Crippen LogP contribution in [-0.2, 0) is 34.4 Å². The molecule has 0 aliphatic heterocycles. The molecule has 0 bridgehead atoms.